The van der Waals surface area contributed by atoms with Gasteiger partial charge in [0.15, 0.2) is 0 Å². The molecule has 0 radical (unpaired) electrons. The van der Waals surface area contributed by atoms with Crippen LogP contribution in [0.1, 0.15) is 64.4 Å². The van der Waals surface area contributed by atoms with E-state index in [1.54, 1.807) is 0 Å². The van der Waals surface area contributed by atoms with Crippen molar-refractivity contribution in [3.63, 3.8) is 0 Å². The van der Waals surface area contributed by atoms with E-state index in [9.17, 15) is 24.0 Å². The molecule has 0 unspecified atom stereocenters. The summed E-state index contributed by atoms with van der Waals surface area (Å²) >= 11 is 1.88. The molecule has 2 aliphatic rings. The van der Waals surface area contributed by atoms with Crippen molar-refractivity contribution >= 4 is 41.8 Å². The monoisotopic (exact) mass is 649 g/mol. The average Bonchev–Trinajstić information content (AvgIpc) is 3.60. The second kappa shape index (κ2) is 17.7. The van der Waals surface area contributed by atoms with E-state index >= 15 is 0 Å². The van der Waals surface area contributed by atoms with Crippen LogP contribution in [0.2, 0.25) is 0 Å². The molecule has 248 valence electrons. The van der Waals surface area contributed by atoms with Crippen LogP contribution >= 0.6 is 11.8 Å². The predicted molar refractivity (Wildman–Crippen MR) is 181 cm³/mol. The van der Waals surface area contributed by atoms with Crippen LogP contribution in [0.5, 0.6) is 0 Å². The Hall–Kier alpha value is -3.86. The number of nitrogens with one attached hydrogen (secondary N) is 5. The number of carbonyl (C=O) groups excluding carboxylic acids is 5. The van der Waals surface area contributed by atoms with Crippen molar-refractivity contribution in [2.75, 3.05) is 12.3 Å². The van der Waals surface area contributed by atoms with Gasteiger partial charge in [-0.2, -0.15) is 11.8 Å². The van der Waals surface area contributed by atoms with Crippen molar-refractivity contribution in [2.45, 2.75) is 94.6 Å². The van der Waals surface area contributed by atoms with Gasteiger partial charge < -0.3 is 31.4 Å². The molecule has 0 aromatic heterocycles. The first-order valence-corrected chi connectivity index (χ1v) is 17.4. The van der Waals surface area contributed by atoms with E-state index in [0.717, 1.165) is 48.0 Å². The minimum absolute atomic E-state index is 0.00989. The van der Waals surface area contributed by atoms with Crippen LogP contribution < -0.4 is 26.6 Å². The molecule has 2 aromatic carbocycles. The third-order valence-electron chi connectivity index (χ3n) is 8.53. The van der Waals surface area contributed by atoms with Gasteiger partial charge in [0, 0.05) is 24.0 Å². The summed E-state index contributed by atoms with van der Waals surface area (Å²) in [5.41, 5.74) is 3.01. The third-order valence-corrected chi connectivity index (χ3v) is 10.0. The molecule has 5 atom stereocenters. The Kier molecular flexibility index (Phi) is 13.5. The Morgan fingerprint density at radius 2 is 1.65 bits per heavy atom. The zero-order valence-corrected chi connectivity index (χ0v) is 27.6. The maximum Gasteiger partial charge on any atom is 0.315 e. The van der Waals surface area contributed by atoms with Crippen molar-refractivity contribution in [1.82, 2.24) is 26.6 Å². The number of carbonyl (C=O) groups is 5. The molecule has 0 bridgehead atoms. The number of amides is 5. The first kappa shape index (κ1) is 35.0. The lowest BCUT2D eigenvalue weighted by molar-refractivity contribution is -0.131. The van der Waals surface area contributed by atoms with Gasteiger partial charge in [-0.3, -0.25) is 14.4 Å². The van der Waals surface area contributed by atoms with Crippen LogP contribution in [-0.2, 0) is 25.6 Å². The van der Waals surface area contributed by atoms with Crippen molar-refractivity contribution in [3.05, 3.63) is 60.2 Å². The topological polar surface area (TPSA) is 146 Å². The van der Waals surface area contributed by atoms with Gasteiger partial charge in [0.25, 0.3) is 0 Å². The van der Waals surface area contributed by atoms with Crippen molar-refractivity contribution < 1.29 is 24.0 Å². The quantitative estimate of drug-likeness (QED) is 0.0946. The molecule has 5 amide bonds. The Labute approximate surface area is 276 Å². The summed E-state index contributed by atoms with van der Waals surface area (Å²) < 4.78 is 0. The lowest BCUT2D eigenvalue weighted by Gasteiger charge is -2.23. The average molecular weight is 650 g/mol. The Morgan fingerprint density at radius 3 is 2.37 bits per heavy atom. The maximum absolute atomic E-state index is 13.0. The van der Waals surface area contributed by atoms with E-state index in [1.807, 2.05) is 80.2 Å². The van der Waals surface area contributed by atoms with Crippen molar-refractivity contribution in [1.29, 1.82) is 0 Å². The summed E-state index contributed by atoms with van der Waals surface area (Å²) in [6.45, 7) is 4.22. The fourth-order valence-electron chi connectivity index (χ4n) is 5.92. The highest BCUT2D eigenvalue weighted by atomic mass is 32.2. The number of unbranched alkanes of at least 4 members (excludes halogenated alkanes) is 2. The van der Waals surface area contributed by atoms with E-state index in [-0.39, 0.29) is 48.2 Å². The molecule has 46 heavy (non-hydrogen) atoms. The number of benzene rings is 2. The first-order valence-electron chi connectivity index (χ1n) is 16.4. The SMILES string of the molecule is CC(C)[C@H](NC(=O)Cc1ccc(-c2ccccc2)cc1)C(=O)N[C@H](C=O)CCCCNC(=O)CCCC[C@@H]1SC[C@@H]2NC(=O)N[C@@H]21. The van der Waals surface area contributed by atoms with E-state index in [2.05, 4.69) is 26.6 Å². The van der Waals surface area contributed by atoms with Crippen LogP contribution in [0.15, 0.2) is 54.6 Å². The van der Waals surface area contributed by atoms with Gasteiger partial charge in [-0.1, -0.05) is 74.9 Å². The number of thioether (sulfide) groups is 1. The first-order chi connectivity index (χ1) is 22.2. The number of hydrogen-bond donors (Lipinski definition) is 5. The molecule has 11 heteroatoms. The summed E-state index contributed by atoms with van der Waals surface area (Å²) in [7, 11) is 0. The Balaban J connectivity index is 1.09. The predicted octanol–water partition coefficient (Wildman–Crippen LogP) is 3.73. The van der Waals surface area contributed by atoms with E-state index in [0.29, 0.717) is 37.5 Å². The summed E-state index contributed by atoms with van der Waals surface area (Å²) in [6.07, 6.45) is 5.84. The molecule has 2 heterocycles. The lowest BCUT2D eigenvalue weighted by atomic mass is 10.0. The standard InChI is InChI=1S/C35H47N5O5S/c1-23(2)32(39-31(43)20-24-15-17-26(18-16-24)25-10-4-3-5-11-25)34(44)37-27(21-41)12-8-9-19-36-30(42)14-7-6-13-29-33-28(22-46-29)38-35(45)40-33/h3-5,10-11,15-18,21,23,27-29,32-33H,6-9,12-14,19-20,22H2,1-2H3,(H,36,42)(H,37,44)(H,39,43)(H2,38,40,45)/t27-,28-,29-,32-,33-/m0/s1. The summed E-state index contributed by atoms with van der Waals surface area (Å²) in [5.74, 6) is 0.137. The van der Waals surface area contributed by atoms with Gasteiger partial charge in [0.05, 0.1) is 24.5 Å². The minimum atomic E-state index is -0.764. The number of urea groups is 1. The normalized spacial score (nSPS) is 19.8. The molecule has 2 fully saturated rings. The highest BCUT2D eigenvalue weighted by molar-refractivity contribution is 8.00. The third kappa shape index (κ3) is 10.6. The van der Waals surface area contributed by atoms with E-state index in [4.69, 9.17) is 0 Å². The fraction of sp³-hybridized carbons (Fsp3) is 0.514. The molecule has 4 rings (SSSR count). The summed E-state index contributed by atoms with van der Waals surface area (Å²) in [6, 6.07) is 16.7. The lowest BCUT2D eigenvalue weighted by Crippen LogP contribution is -2.52. The number of hydrogen-bond acceptors (Lipinski definition) is 6. The van der Waals surface area contributed by atoms with Gasteiger partial charge in [0.2, 0.25) is 17.7 Å². The summed E-state index contributed by atoms with van der Waals surface area (Å²) in [4.78, 5) is 61.3. The van der Waals surface area contributed by atoms with Crippen molar-refractivity contribution in [2.24, 2.45) is 5.92 Å². The zero-order valence-electron chi connectivity index (χ0n) is 26.8. The van der Waals surface area contributed by atoms with Crippen LogP contribution in [0, 0.1) is 5.92 Å². The maximum atomic E-state index is 13.0. The molecule has 2 aliphatic heterocycles. The van der Waals surface area contributed by atoms with Gasteiger partial charge in [-0.15, -0.1) is 0 Å². The van der Waals surface area contributed by atoms with Crippen LogP contribution in [0.25, 0.3) is 11.1 Å². The Morgan fingerprint density at radius 1 is 0.913 bits per heavy atom. The zero-order chi connectivity index (χ0) is 32.9. The number of fused-ring (bicyclic) bond motifs is 1. The number of rotatable bonds is 18. The van der Waals surface area contributed by atoms with Gasteiger partial charge in [-0.25, -0.2) is 4.79 Å². The summed E-state index contributed by atoms with van der Waals surface area (Å²) in [5, 5.41) is 14.9. The van der Waals surface area contributed by atoms with Gasteiger partial charge in [0.1, 0.15) is 12.3 Å². The highest BCUT2D eigenvalue weighted by Crippen LogP contribution is 2.33. The second-order valence-electron chi connectivity index (χ2n) is 12.5. The Bertz CT molecular complexity index is 1320. The van der Waals surface area contributed by atoms with E-state index < -0.39 is 12.1 Å². The van der Waals surface area contributed by atoms with E-state index in [1.165, 1.54) is 0 Å². The minimum Gasteiger partial charge on any atom is -0.356 e. The molecule has 0 aliphatic carbocycles. The molecule has 2 saturated heterocycles. The largest absolute Gasteiger partial charge is 0.356 e. The molecular weight excluding hydrogens is 602 g/mol. The molecule has 10 nitrogen and oxygen atoms in total. The van der Waals surface area contributed by atoms with Crippen LogP contribution in [-0.4, -0.2) is 71.8 Å². The second-order valence-corrected chi connectivity index (χ2v) is 13.8. The fourth-order valence-corrected chi connectivity index (χ4v) is 7.46. The highest BCUT2D eigenvalue weighted by Gasteiger charge is 2.42. The molecular formula is C35H47N5O5S. The van der Waals surface area contributed by atoms with Crippen LogP contribution in [0.4, 0.5) is 4.79 Å². The van der Waals surface area contributed by atoms with Crippen LogP contribution in [0.3, 0.4) is 0 Å². The van der Waals surface area contributed by atoms with Gasteiger partial charge in [-0.05, 0) is 54.7 Å². The molecule has 5 N–H and O–H groups in total. The molecule has 0 spiro atoms. The number of aldehydes is 1. The molecule has 2 aromatic rings. The van der Waals surface area contributed by atoms with Gasteiger partial charge >= 0.3 is 6.03 Å². The smallest absolute Gasteiger partial charge is 0.315 e. The van der Waals surface area contributed by atoms with Crippen molar-refractivity contribution in [3.8, 4) is 11.1 Å². The molecule has 0 saturated carbocycles.